The second-order valence-electron chi connectivity index (χ2n) is 4.71. The van der Waals surface area contributed by atoms with Crippen molar-refractivity contribution in [2.24, 2.45) is 0 Å². The van der Waals surface area contributed by atoms with E-state index in [2.05, 4.69) is 5.32 Å². The summed E-state index contributed by atoms with van der Waals surface area (Å²) in [7, 11) is 0. The van der Waals surface area contributed by atoms with Crippen molar-refractivity contribution >= 4 is 17.5 Å². The summed E-state index contributed by atoms with van der Waals surface area (Å²) < 4.78 is 0. The molecule has 1 aliphatic rings. The van der Waals surface area contributed by atoms with Gasteiger partial charge in [-0.3, -0.25) is 19.7 Å². The molecule has 0 saturated carbocycles. The molecule has 1 N–H and O–H groups in total. The summed E-state index contributed by atoms with van der Waals surface area (Å²) >= 11 is 0. The Hall–Kier alpha value is -2.44. The standard InChI is InChI=1S/C13H15N3O4/c1-9-6-10(8-11(7-9)16(19)20)13(18)15-4-2-12(17)14-3-5-15/h6-8H,2-5H2,1H3,(H,14,17). The van der Waals surface area contributed by atoms with Crippen molar-refractivity contribution in [3.63, 3.8) is 0 Å². The molecule has 0 spiro atoms. The van der Waals surface area contributed by atoms with Crippen LogP contribution in [0.5, 0.6) is 0 Å². The Morgan fingerprint density at radius 1 is 1.35 bits per heavy atom. The van der Waals surface area contributed by atoms with E-state index in [0.29, 0.717) is 25.2 Å². The lowest BCUT2D eigenvalue weighted by molar-refractivity contribution is -0.384. The molecule has 7 heteroatoms. The van der Waals surface area contributed by atoms with Crippen molar-refractivity contribution in [2.75, 3.05) is 19.6 Å². The van der Waals surface area contributed by atoms with E-state index >= 15 is 0 Å². The Morgan fingerprint density at radius 2 is 2.10 bits per heavy atom. The highest BCUT2D eigenvalue weighted by atomic mass is 16.6. The Morgan fingerprint density at radius 3 is 2.80 bits per heavy atom. The van der Waals surface area contributed by atoms with Crippen molar-refractivity contribution in [3.8, 4) is 0 Å². The molecule has 0 aliphatic carbocycles. The van der Waals surface area contributed by atoms with E-state index in [0.717, 1.165) is 0 Å². The first-order valence-electron chi connectivity index (χ1n) is 6.29. The van der Waals surface area contributed by atoms with Crippen LogP contribution in [0.15, 0.2) is 18.2 Å². The number of non-ortho nitro benzene ring substituents is 1. The Kier molecular flexibility index (Phi) is 3.97. The number of nitrogens with zero attached hydrogens (tertiary/aromatic N) is 2. The predicted octanol–water partition coefficient (Wildman–Crippen LogP) is 0.865. The lowest BCUT2D eigenvalue weighted by Crippen LogP contribution is -2.34. The quantitative estimate of drug-likeness (QED) is 0.641. The van der Waals surface area contributed by atoms with Gasteiger partial charge < -0.3 is 10.2 Å². The summed E-state index contributed by atoms with van der Waals surface area (Å²) in [6.07, 6.45) is 0.250. The lowest BCUT2D eigenvalue weighted by Gasteiger charge is -2.19. The van der Waals surface area contributed by atoms with Crippen LogP contribution < -0.4 is 5.32 Å². The molecule has 1 heterocycles. The summed E-state index contributed by atoms with van der Waals surface area (Å²) in [5, 5.41) is 13.5. The van der Waals surface area contributed by atoms with Gasteiger partial charge in [0.1, 0.15) is 0 Å². The molecule has 0 unspecified atom stereocenters. The third-order valence-corrected chi connectivity index (χ3v) is 3.12. The number of rotatable bonds is 2. The molecule has 2 amide bonds. The zero-order valence-corrected chi connectivity index (χ0v) is 11.1. The lowest BCUT2D eigenvalue weighted by atomic mass is 10.1. The number of amides is 2. The second-order valence-corrected chi connectivity index (χ2v) is 4.71. The van der Waals surface area contributed by atoms with Crippen LogP contribution in [0, 0.1) is 17.0 Å². The highest BCUT2D eigenvalue weighted by Crippen LogP contribution is 2.18. The van der Waals surface area contributed by atoms with Crippen molar-refractivity contribution in [2.45, 2.75) is 13.3 Å². The molecule has 106 valence electrons. The molecule has 1 aliphatic heterocycles. The van der Waals surface area contributed by atoms with Crippen LogP contribution in [-0.4, -0.2) is 41.3 Å². The topological polar surface area (TPSA) is 92.6 Å². The van der Waals surface area contributed by atoms with Gasteiger partial charge in [-0.05, 0) is 18.6 Å². The van der Waals surface area contributed by atoms with Crippen molar-refractivity contribution in [1.82, 2.24) is 10.2 Å². The fourth-order valence-corrected chi connectivity index (χ4v) is 2.14. The predicted molar refractivity (Wildman–Crippen MR) is 71.4 cm³/mol. The normalized spacial score (nSPS) is 15.4. The Labute approximate surface area is 115 Å². The first-order valence-corrected chi connectivity index (χ1v) is 6.29. The summed E-state index contributed by atoms with van der Waals surface area (Å²) in [6.45, 7) is 2.84. The highest BCUT2D eigenvalue weighted by molar-refractivity contribution is 5.95. The first kappa shape index (κ1) is 14.0. The SMILES string of the molecule is Cc1cc(C(=O)N2CCNC(=O)CC2)cc([N+](=O)[O-])c1. The zero-order chi connectivity index (χ0) is 14.7. The van der Waals surface area contributed by atoms with E-state index in [-0.39, 0.29) is 29.5 Å². The molecule has 1 aromatic carbocycles. The van der Waals surface area contributed by atoms with Crippen LogP contribution >= 0.6 is 0 Å². The van der Waals surface area contributed by atoms with Gasteiger partial charge in [0.25, 0.3) is 11.6 Å². The number of carbonyl (C=O) groups excluding carboxylic acids is 2. The number of nitro benzene ring substituents is 1. The van der Waals surface area contributed by atoms with Crippen LogP contribution in [0.4, 0.5) is 5.69 Å². The van der Waals surface area contributed by atoms with Gasteiger partial charge in [-0.1, -0.05) is 0 Å². The smallest absolute Gasteiger partial charge is 0.270 e. The second kappa shape index (κ2) is 5.68. The van der Waals surface area contributed by atoms with Crippen molar-refractivity contribution < 1.29 is 14.5 Å². The average molecular weight is 277 g/mol. The maximum atomic E-state index is 12.4. The van der Waals surface area contributed by atoms with Crippen LogP contribution in [0.3, 0.4) is 0 Å². The van der Waals surface area contributed by atoms with Crippen LogP contribution in [0.1, 0.15) is 22.3 Å². The summed E-state index contributed by atoms with van der Waals surface area (Å²) in [4.78, 5) is 35.4. The van der Waals surface area contributed by atoms with E-state index in [4.69, 9.17) is 0 Å². The third kappa shape index (κ3) is 3.11. The summed E-state index contributed by atoms with van der Waals surface area (Å²) in [6, 6.07) is 4.31. The average Bonchev–Trinajstić information content (AvgIpc) is 2.62. The summed E-state index contributed by atoms with van der Waals surface area (Å²) in [5.41, 5.74) is 0.843. The molecule has 7 nitrogen and oxygen atoms in total. The number of hydrogen-bond acceptors (Lipinski definition) is 4. The van der Waals surface area contributed by atoms with E-state index in [1.54, 1.807) is 13.0 Å². The fraction of sp³-hybridized carbons (Fsp3) is 0.385. The molecule has 0 radical (unpaired) electrons. The molecule has 1 aromatic rings. The number of hydrogen-bond donors (Lipinski definition) is 1. The Balaban J connectivity index is 2.24. The van der Waals surface area contributed by atoms with Crippen LogP contribution in [-0.2, 0) is 4.79 Å². The van der Waals surface area contributed by atoms with Gasteiger partial charge in [0.05, 0.1) is 4.92 Å². The fourth-order valence-electron chi connectivity index (χ4n) is 2.14. The molecule has 0 aromatic heterocycles. The largest absolute Gasteiger partial charge is 0.354 e. The summed E-state index contributed by atoms with van der Waals surface area (Å²) in [5.74, 6) is -0.371. The minimum Gasteiger partial charge on any atom is -0.354 e. The van der Waals surface area contributed by atoms with Crippen LogP contribution in [0.2, 0.25) is 0 Å². The molecular formula is C13H15N3O4. The van der Waals surface area contributed by atoms with Crippen molar-refractivity contribution in [3.05, 3.63) is 39.4 Å². The third-order valence-electron chi connectivity index (χ3n) is 3.12. The van der Waals surface area contributed by atoms with Gasteiger partial charge in [0.2, 0.25) is 5.91 Å². The molecule has 2 rings (SSSR count). The van der Waals surface area contributed by atoms with Crippen molar-refractivity contribution in [1.29, 1.82) is 0 Å². The molecule has 0 atom stereocenters. The highest BCUT2D eigenvalue weighted by Gasteiger charge is 2.21. The van der Waals surface area contributed by atoms with Gasteiger partial charge in [-0.15, -0.1) is 0 Å². The first-order chi connectivity index (χ1) is 9.47. The van der Waals surface area contributed by atoms with Gasteiger partial charge >= 0.3 is 0 Å². The van der Waals surface area contributed by atoms with Crippen LogP contribution in [0.25, 0.3) is 0 Å². The minimum atomic E-state index is -0.517. The monoisotopic (exact) mass is 277 g/mol. The molecule has 20 heavy (non-hydrogen) atoms. The van der Waals surface area contributed by atoms with E-state index in [9.17, 15) is 19.7 Å². The van der Waals surface area contributed by atoms with E-state index in [1.165, 1.54) is 17.0 Å². The van der Waals surface area contributed by atoms with Gasteiger partial charge in [0, 0.05) is 43.8 Å². The molecular weight excluding hydrogens is 262 g/mol. The number of nitro groups is 1. The zero-order valence-electron chi connectivity index (χ0n) is 11.1. The number of nitrogens with one attached hydrogen (secondary N) is 1. The maximum absolute atomic E-state index is 12.4. The molecule has 1 saturated heterocycles. The van der Waals surface area contributed by atoms with E-state index in [1.807, 2.05) is 0 Å². The van der Waals surface area contributed by atoms with E-state index < -0.39 is 4.92 Å². The van der Waals surface area contributed by atoms with Gasteiger partial charge in [0.15, 0.2) is 0 Å². The Bertz CT molecular complexity index is 571. The number of benzene rings is 1. The molecule has 1 fully saturated rings. The van der Waals surface area contributed by atoms with Gasteiger partial charge in [-0.2, -0.15) is 0 Å². The number of carbonyl (C=O) groups is 2. The number of aryl methyl sites for hydroxylation is 1. The maximum Gasteiger partial charge on any atom is 0.270 e. The minimum absolute atomic E-state index is 0.0875. The van der Waals surface area contributed by atoms with Gasteiger partial charge in [-0.25, -0.2) is 0 Å². The molecule has 0 bridgehead atoms.